The number of nitrogens with two attached hydrogens (primary N) is 2. The number of nitrogens with zero attached hydrogens (tertiary/aromatic N) is 1. The zero-order valence-electron chi connectivity index (χ0n) is 7.98. The van der Waals surface area contributed by atoms with E-state index in [0.717, 1.165) is 12.8 Å². The molecular formula is C10H15N3O. The van der Waals surface area contributed by atoms with E-state index in [9.17, 15) is 5.11 Å². The number of hydrogen-bond donors (Lipinski definition) is 3. The molecule has 0 amide bonds. The van der Waals surface area contributed by atoms with Crippen LogP contribution in [0.2, 0.25) is 0 Å². The Balaban J connectivity index is 2.40. The van der Waals surface area contributed by atoms with Gasteiger partial charge in [0.25, 0.3) is 0 Å². The van der Waals surface area contributed by atoms with Crippen molar-refractivity contribution in [3.8, 4) is 0 Å². The maximum Gasteiger partial charge on any atom is 0.108 e. The van der Waals surface area contributed by atoms with Crippen LogP contribution < -0.4 is 11.5 Å². The van der Waals surface area contributed by atoms with E-state index in [1.54, 1.807) is 18.5 Å². The highest BCUT2D eigenvalue weighted by Gasteiger charge is 2.45. The van der Waals surface area contributed by atoms with Gasteiger partial charge in [0.15, 0.2) is 0 Å². The third kappa shape index (κ3) is 1.36. The largest absolute Gasteiger partial charge is 0.398 e. The first-order chi connectivity index (χ1) is 6.68. The van der Waals surface area contributed by atoms with Crippen LogP contribution in [0.3, 0.4) is 0 Å². The smallest absolute Gasteiger partial charge is 0.108 e. The zero-order chi connectivity index (χ0) is 10.2. The van der Waals surface area contributed by atoms with Crippen molar-refractivity contribution in [3.05, 3.63) is 24.0 Å². The number of anilines is 1. The van der Waals surface area contributed by atoms with Gasteiger partial charge in [-0.2, -0.15) is 0 Å². The van der Waals surface area contributed by atoms with Crippen molar-refractivity contribution in [2.24, 2.45) is 11.7 Å². The van der Waals surface area contributed by atoms with Crippen LogP contribution in [-0.4, -0.2) is 16.6 Å². The molecule has 0 bridgehead atoms. The average molecular weight is 193 g/mol. The van der Waals surface area contributed by atoms with Crippen molar-refractivity contribution in [1.82, 2.24) is 4.98 Å². The van der Waals surface area contributed by atoms with Crippen LogP contribution in [0.25, 0.3) is 0 Å². The van der Waals surface area contributed by atoms with E-state index in [4.69, 9.17) is 11.5 Å². The Morgan fingerprint density at radius 3 is 2.79 bits per heavy atom. The third-order valence-electron chi connectivity index (χ3n) is 2.89. The molecule has 4 heteroatoms. The molecule has 0 saturated heterocycles. The maximum atomic E-state index is 10.4. The van der Waals surface area contributed by atoms with E-state index >= 15 is 0 Å². The number of hydrogen-bond acceptors (Lipinski definition) is 4. The monoisotopic (exact) mass is 193 g/mol. The van der Waals surface area contributed by atoms with Gasteiger partial charge in [-0.15, -0.1) is 0 Å². The Labute approximate surface area is 82.9 Å². The van der Waals surface area contributed by atoms with Crippen LogP contribution in [0.5, 0.6) is 0 Å². The summed E-state index contributed by atoms with van der Waals surface area (Å²) in [5, 5.41) is 10.4. The van der Waals surface area contributed by atoms with Gasteiger partial charge >= 0.3 is 0 Å². The first-order valence-corrected chi connectivity index (χ1v) is 4.81. The molecular weight excluding hydrogens is 178 g/mol. The molecule has 1 saturated carbocycles. The minimum absolute atomic E-state index is 0.202. The van der Waals surface area contributed by atoms with Gasteiger partial charge in [0.2, 0.25) is 0 Å². The Morgan fingerprint density at radius 1 is 1.57 bits per heavy atom. The second kappa shape index (κ2) is 3.22. The molecule has 1 aliphatic rings. The SMILES string of the molecule is NCC(O)(c1cnccc1N)C1CC1. The Kier molecular flexibility index (Phi) is 2.17. The summed E-state index contributed by atoms with van der Waals surface area (Å²) < 4.78 is 0. The predicted octanol–water partition coefficient (Wildman–Crippen LogP) is 0.220. The van der Waals surface area contributed by atoms with Gasteiger partial charge in [0.1, 0.15) is 5.60 Å². The fourth-order valence-corrected chi connectivity index (χ4v) is 1.82. The lowest BCUT2D eigenvalue weighted by Gasteiger charge is -2.27. The summed E-state index contributed by atoms with van der Waals surface area (Å²) in [6.45, 7) is 0.202. The highest BCUT2D eigenvalue weighted by molar-refractivity contribution is 5.48. The highest BCUT2D eigenvalue weighted by Crippen LogP contribution is 2.46. The van der Waals surface area contributed by atoms with Gasteiger partial charge < -0.3 is 16.6 Å². The predicted molar refractivity (Wildman–Crippen MR) is 54.3 cm³/mol. The Morgan fingerprint density at radius 2 is 2.29 bits per heavy atom. The minimum atomic E-state index is -0.974. The lowest BCUT2D eigenvalue weighted by molar-refractivity contribution is 0.0226. The van der Waals surface area contributed by atoms with E-state index < -0.39 is 5.60 Å². The summed E-state index contributed by atoms with van der Waals surface area (Å²) in [5.41, 5.74) is 11.7. The fraction of sp³-hybridized carbons (Fsp3) is 0.500. The molecule has 1 heterocycles. The van der Waals surface area contributed by atoms with Crippen molar-refractivity contribution in [2.75, 3.05) is 12.3 Å². The fourth-order valence-electron chi connectivity index (χ4n) is 1.82. The van der Waals surface area contributed by atoms with Gasteiger partial charge in [0.05, 0.1) is 0 Å². The van der Waals surface area contributed by atoms with Gasteiger partial charge in [-0.3, -0.25) is 4.98 Å². The number of aromatic nitrogens is 1. The first-order valence-electron chi connectivity index (χ1n) is 4.81. The molecule has 1 atom stereocenters. The average Bonchev–Trinajstić information content (AvgIpc) is 3.01. The van der Waals surface area contributed by atoms with Crippen LogP contribution in [0.1, 0.15) is 18.4 Å². The zero-order valence-corrected chi connectivity index (χ0v) is 7.98. The number of nitrogen functional groups attached to an aromatic ring is 1. The van der Waals surface area contributed by atoms with E-state index in [2.05, 4.69) is 4.98 Å². The van der Waals surface area contributed by atoms with E-state index in [1.807, 2.05) is 0 Å². The van der Waals surface area contributed by atoms with Crippen LogP contribution >= 0.6 is 0 Å². The normalized spacial score (nSPS) is 20.4. The quantitative estimate of drug-likeness (QED) is 0.641. The van der Waals surface area contributed by atoms with Crippen LogP contribution in [0.15, 0.2) is 18.5 Å². The van der Waals surface area contributed by atoms with Gasteiger partial charge in [-0.1, -0.05) is 0 Å². The maximum absolute atomic E-state index is 10.4. The molecule has 1 unspecified atom stereocenters. The molecule has 0 aliphatic heterocycles. The molecule has 1 aromatic rings. The lowest BCUT2D eigenvalue weighted by atomic mass is 9.89. The van der Waals surface area contributed by atoms with Crippen LogP contribution in [-0.2, 0) is 5.60 Å². The molecule has 1 aliphatic carbocycles. The molecule has 0 spiro atoms. The van der Waals surface area contributed by atoms with Crippen LogP contribution in [0, 0.1) is 5.92 Å². The summed E-state index contributed by atoms with van der Waals surface area (Å²) in [6.07, 6.45) is 5.26. The second-order valence-electron chi connectivity index (χ2n) is 3.87. The molecule has 1 aromatic heterocycles. The molecule has 14 heavy (non-hydrogen) atoms. The van der Waals surface area contributed by atoms with Crippen LogP contribution in [0.4, 0.5) is 5.69 Å². The topological polar surface area (TPSA) is 85.2 Å². The van der Waals surface area contributed by atoms with Crippen molar-refractivity contribution in [3.63, 3.8) is 0 Å². The third-order valence-corrected chi connectivity index (χ3v) is 2.89. The van der Waals surface area contributed by atoms with Crippen molar-refractivity contribution < 1.29 is 5.11 Å². The van der Waals surface area contributed by atoms with Crippen molar-refractivity contribution >= 4 is 5.69 Å². The van der Waals surface area contributed by atoms with E-state index in [0.29, 0.717) is 11.3 Å². The van der Waals surface area contributed by atoms with E-state index in [-0.39, 0.29) is 12.5 Å². The molecule has 0 aromatic carbocycles. The number of aliphatic hydroxyl groups is 1. The molecule has 2 rings (SSSR count). The molecule has 1 fully saturated rings. The Hall–Kier alpha value is -1.13. The molecule has 5 N–H and O–H groups in total. The van der Waals surface area contributed by atoms with Gasteiger partial charge in [0, 0.05) is 30.2 Å². The number of rotatable bonds is 3. The molecule has 76 valence electrons. The summed E-state index contributed by atoms with van der Waals surface area (Å²) >= 11 is 0. The minimum Gasteiger partial charge on any atom is -0.398 e. The van der Waals surface area contributed by atoms with Gasteiger partial charge in [-0.05, 0) is 24.8 Å². The standard InChI is InChI=1S/C10H15N3O/c11-6-10(14,7-1-2-7)8-5-13-4-3-9(8)12/h3-5,7,14H,1-2,6,11H2,(H2,12,13). The van der Waals surface area contributed by atoms with E-state index in [1.165, 1.54) is 0 Å². The summed E-state index contributed by atoms with van der Waals surface area (Å²) in [5.74, 6) is 0.249. The summed E-state index contributed by atoms with van der Waals surface area (Å²) in [4.78, 5) is 3.97. The summed E-state index contributed by atoms with van der Waals surface area (Å²) in [6, 6.07) is 1.69. The Bertz CT molecular complexity index is 338. The molecule has 0 radical (unpaired) electrons. The number of pyridine rings is 1. The van der Waals surface area contributed by atoms with Crippen molar-refractivity contribution in [2.45, 2.75) is 18.4 Å². The van der Waals surface area contributed by atoms with Crippen molar-refractivity contribution in [1.29, 1.82) is 0 Å². The highest BCUT2D eigenvalue weighted by atomic mass is 16.3. The second-order valence-corrected chi connectivity index (χ2v) is 3.87. The summed E-state index contributed by atoms with van der Waals surface area (Å²) in [7, 11) is 0. The van der Waals surface area contributed by atoms with Gasteiger partial charge in [-0.25, -0.2) is 0 Å². The first kappa shape index (κ1) is 9.43. The molecule has 4 nitrogen and oxygen atoms in total. The lowest BCUT2D eigenvalue weighted by Crippen LogP contribution is -2.37.